The number of carbonyl (C=O) groups excluding carboxylic acids is 3. The number of hydrogen-bond donors (Lipinski definition) is 1. The Morgan fingerprint density at radius 2 is 1.67 bits per heavy atom. The van der Waals surface area contributed by atoms with Gasteiger partial charge in [0, 0.05) is 33.0 Å². The van der Waals surface area contributed by atoms with Crippen molar-refractivity contribution in [3.63, 3.8) is 0 Å². The molecule has 2 aromatic rings. The molecule has 4 rings (SSSR count). The molecule has 2 N–H and O–H groups in total. The number of hydrazone groups is 1. The molecule has 2 aliphatic rings. The molecule has 0 saturated carbocycles. The normalized spacial score (nSPS) is 19.7. The van der Waals surface area contributed by atoms with Gasteiger partial charge < -0.3 is 20.1 Å². The summed E-state index contributed by atoms with van der Waals surface area (Å²) in [6, 6.07) is 9.81. The summed E-state index contributed by atoms with van der Waals surface area (Å²) in [5.74, 6) is -1.84. The molecule has 15 heteroatoms. The van der Waals surface area contributed by atoms with E-state index in [1.165, 1.54) is 17.0 Å². The van der Waals surface area contributed by atoms with Gasteiger partial charge in [0.25, 0.3) is 11.8 Å². The minimum Gasteiger partial charge on any atom is -0.493 e. The first-order valence-electron chi connectivity index (χ1n) is 12.7. The van der Waals surface area contributed by atoms with Crippen LogP contribution in [0.25, 0.3) is 0 Å². The number of hydrogen-bond acceptors (Lipinski definition) is 6. The van der Waals surface area contributed by atoms with Crippen molar-refractivity contribution in [1.82, 2.24) is 9.91 Å². The molecule has 3 amide bonds. The highest BCUT2D eigenvalue weighted by Crippen LogP contribution is 2.40. The number of primary amides is 1. The molecule has 1 fully saturated rings. The highest BCUT2D eigenvalue weighted by Gasteiger charge is 2.54. The van der Waals surface area contributed by atoms with Crippen molar-refractivity contribution in [2.75, 3.05) is 26.7 Å². The molecular weight excluding hydrogens is 574 g/mol. The van der Waals surface area contributed by atoms with Crippen LogP contribution in [0.15, 0.2) is 53.6 Å². The number of halogens is 6. The third kappa shape index (κ3) is 6.60. The molecule has 226 valence electrons. The first-order valence-corrected chi connectivity index (χ1v) is 12.7. The van der Waals surface area contributed by atoms with Crippen molar-refractivity contribution in [3.8, 4) is 5.75 Å². The van der Waals surface area contributed by atoms with Crippen molar-refractivity contribution >= 4 is 23.6 Å². The Morgan fingerprint density at radius 1 is 1.05 bits per heavy atom. The molecule has 0 aliphatic carbocycles. The van der Waals surface area contributed by atoms with Gasteiger partial charge in [-0.1, -0.05) is 30.3 Å². The zero-order valence-corrected chi connectivity index (χ0v) is 22.2. The van der Waals surface area contributed by atoms with E-state index >= 15 is 0 Å². The van der Waals surface area contributed by atoms with Crippen molar-refractivity contribution in [2.45, 2.75) is 37.7 Å². The summed E-state index contributed by atoms with van der Waals surface area (Å²) in [5, 5.41) is 5.57. The minimum absolute atomic E-state index is 0.0453. The Hall–Kier alpha value is -4.30. The van der Waals surface area contributed by atoms with Gasteiger partial charge in [-0.25, -0.2) is 9.80 Å². The van der Waals surface area contributed by atoms with Crippen LogP contribution in [0.1, 0.15) is 29.5 Å². The third-order valence-corrected chi connectivity index (χ3v) is 7.01. The van der Waals surface area contributed by atoms with Crippen molar-refractivity contribution < 1.29 is 50.2 Å². The Kier molecular flexibility index (Phi) is 8.41. The number of nitrogens with zero attached hydrogens (tertiary/aromatic N) is 3. The second-order valence-electron chi connectivity index (χ2n) is 9.93. The van der Waals surface area contributed by atoms with Crippen molar-refractivity contribution in [3.05, 3.63) is 65.2 Å². The number of piperidine rings is 1. The second kappa shape index (κ2) is 11.5. The molecule has 0 bridgehead atoms. The smallest absolute Gasteiger partial charge is 0.416 e. The molecule has 1 unspecified atom stereocenters. The van der Waals surface area contributed by atoms with Gasteiger partial charge in [0.15, 0.2) is 6.10 Å². The predicted octanol–water partition coefficient (Wildman–Crippen LogP) is 4.25. The Balaban J connectivity index is 1.52. The summed E-state index contributed by atoms with van der Waals surface area (Å²) in [5.41, 5.74) is 2.21. The lowest BCUT2D eigenvalue weighted by atomic mass is 9.73. The number of likely N-dealkylation sites (tertiary alicyclic amines) is 1. The van der Waals surface area contributed by atoms with Gasteiger partial charge >= 0.3 is 18.4 Å². The van der Waals surface area contributed by atoms with Gasteiger partial charge in [-0.15, -0.1) is 0 Å². The van der Waals surface area contributed by atoms with Crippen molar-refractivity contribution in [1.29, 1.82) is 0 Å². The van der Waals surface area contributed by atoms with Crippen LogP contribution >= 0.6 is 0 Å². The lowest BCUT2D eigenvalue weighted by molar-refractivity contribution is -0.145. The monoisotopic (exact) mass is 600 g/mol. The van der Waals surface area contributed by atoms with Gasteiger partial charge in [0.1, 0.15) is 11.2 Å². The van der Waals surface area contributed by atoms with Crippen LogP contribution in [0.2, 0.25) is 0 Å². The minimum atomic E-state index is -5.08. The average molecular weight is 601 g/mol. The summed E-state index contributed by atoms with van der Waals surface area (Å²) in [6.07, 6.45) is -13.1. The molecule has 2 heterocycles. The summed E-state index contributed by atoms with van der Waals surface area (Å²) in [7, 11) is 1.50. The van der Waals surface area contributed by atoms with Crippen LogP contribution in [0.3, 0.4) is 0 Å². The van der Waals surface area contributed by atoms with E-state index < -0.39 is 65.8 Å². The van der Waals surface area contributed by atoms with E-state index in [0.29, 0.717) is 17.8 Å². The topological polar surface area (TPSA) is 115 Å². The fourth-order valence-corrected chi connectivity index (χ4v) is 5.09. The van der Waals surface area contributed by atoms with E-state index in [0.717, 1.165) is 5.56 Å². The number of fused-ring (bicyclic) bond motifs is 1. The highest BCUT2D eigenvalue weighted by atomic mass is 19.4. The van der Waals surface area contributed by atoms with Crippen LogP contribution < -0.4 is 10.5 Å². The third-order valence-electron chi connectivity index (χ3n) is 7.01. The number of rotatable bonds is 8. The van der Waals surface area contributed by atoms with Gasteiger partial charge in [0.2, 0.25) is 0 Å². The maximum atomic E-state index is 13.5. The zero-order valence-electron chi connectivity index (χ0n) is 22.2. The predicted molar refractivity (Wildman–Crippen MR) is 135 cm³/mol. The second-order valence-corrected chi connectivity index (χ2v) is 9.93. The van der Waals surface area contributed by atoms with E-state index in [1.807, 2.05) is 18.2 Å². The Bertz CT molecular complexity index is 1350. The summed E-state index contributed by atoms with van der Waals surface area (Å²) < 4.78 is 89.1. The molecular formula is C27H26F6N4O5. The van der Waals surface area contributed by atoms with E-state index in [4.69, 9.17) is 15.2 Å². The summed E-state index contributed by atoms with van der Waals surface area (Å²) in [6.45, 7) is -0.595. The van der Waals surface area contributed by atoms with Crippen LogP contribution in [0.4, 0.5) is 31.1 Å². The standard InChI is InChI=1S/C27H26F6N4O5/c1-36-23(39)25(14-16-5-3-2-4-6-16)15-37(9-7-21(25)35-36)22(38)20(42-24(34)40)8-10-41-19-12-17(26(28,29)30)11-18(13-19)27(31,32)33/h2-6,11-13,20H,7-10,14-15H2,1H3,(H2,34,40)/t20?,25-/m1/s1. The molecule has 1 saturated heterocycles. The fourth-order valence-electron chi connectivity index (χ4n) is 5.09. The quantitative estimate of drug-likeness (QED) is 0.456. The summed E-state index contributed by atoms with van der Waals surface area (Å²) in [4.78, 5) is 39.7. The number of benzene rings is 2. The lowest BCUT2D eigenvalue weighted by Crippen LogP contribution is -2.57. The molecule has 2 atom stereocenters. The van der Waals surface area contributed by atoms with Gasteiger partial charge in [-0.05, 0) is 30.2 Å². The van der Waals surface area contributed by atoms with E-state index in [9.17, 15) is 40.7 Å². The maximum absolute atomic E-state index is 13.5. The molecule has 0 radical (unpaired) electrons. The van der Waals surface area contributed by atoms with Crippen LogP contribution in [0.5, 0.6) is 5.75 Å². The molecule has 0 spiro atoms. The van der Waals surface area contributed by atoms with E-state index in [-0.39, 0.29) is 37.9 Å². The van der Waals surface area contributed by atoms with Crippen LogP contribution in [-0.2, 0) is 33.1 Å². The number of carbonyl (C=O) groups is 3. The number of nitrogens with two attached hydrogens (primary N) is 1. The first-order chi connectivity index (χ1) is 19.6. The van der Waals surface area contributed by atoms with E-state index in [1.54, 1.807) is 12.1 Å². The molecule has 42 heavy (non-hydrogen) atoms. The van der Waals surface area contributed by atoms with Gasteiger partial charge in [-0.3, -0.25) is 9.59 Å². The Labute approximate surface area is 235 Å². The zero-order chi connectivity index (χ0) is 30.9. The average Bonchev–Trinajstić information content (AvgIpc) is 3.15. The summed E-state index contributed by atoms with van der Waals surface area (Å²) >= 11 is 0. The molecule has 0 aromatic heterocycles. The van der Waals surface area contributed by atoms with Crippen LogP contribution in [-0.4, -0.2) is 66.4 Å². The fraction of sp³-hybridized carbons (Fsp3) is 0.407. The highest BCUT2D eigenvalue weighted by molar-refractivity contribution is 6.13. The largest absolute Gasteiger partial charge is 0.493 e. The van der Waals surface area contributed by atoms with Crippen molar-refractivity contribution in [2.24, 2.45) is 16.3 Å². The van der Waals surface area contributed by atoms with Crippen LogP contribution in [0, 0.1) is 5.41 Å². The van der Waals surface area contributed by atoms with Gasteiger partial charge in [-0.2, -0.15) is 31.4 Å². The lowest BCUT2D eigenvalue weighted by Gasteiger charge is -2.40. The molecule has 9 nitrogen and oxygen atoms in total. The number of alkyl halides is 6. The van der Waals surface area contributed by atoms with E-state index in [2.05, 4.69) is 5.10 Å². The molecule has 2 aromatic carbocycles. The maximum Gasteiger partial charge on any atom is 0.416 e. The van der Waals surface area contributed by atoms with Gasteiger partial charge in [0.05, 0.1) is 23.4 Å². The number of amides is 3. The SMILES string of the molecule is CN1N=C2CCN(C(=O)C(CCOc3cc(C(F)(F)F)cc(C(F)(F)F)c3)OC(N)=O)C[C@@]2(Cc2ccccc2)C1=O. The molecule has 2 aliphatic heterocycles. The Morgan fingerprint density at radius 3 is 2.24 bits per heavy atom. The first kappa shape index (κ1) is 30.7. The number of ether oxygens (including phenoxy) is 2.